The van der Waals surface area contributed by atoms with E-state index in [0.29, 0.717) is 19.3 Å². The average Bonchev–Trinajstić information content (AvgIpc) is 3.48. The fourth-order valence-electron chi connectivity index (χ4n) is 8.58. The van der Waals surface area contributed by atoms with Crippen molar-refractivity contribution in [2.45, 2.75) is 277 Å². The van der Waals surface area contributed by atoms with Gasteiger partial charge in [-0.05, 0) is 135 Å². The van der Waals surface area contributed by atoms with E-state index < -0.39 is 6.10 Å². The van der Waals surface area contributed by atoms with E-state index in [9.17, 15) is 14.4 Å². The van der Waals surface area contributed by atoms with Gasteiger partial charge in [-0.1, -0.05) is 287 Å². The Kier molecular flexibility index (Phi) is 63.9. The third-order valence-electron chi connectivity index (χ3n) is 13.5. The molecule has 0 aromatic carbocycles. The van der Waals surface area contributed by atoms with E-state index in [-0.39, 0.29) is 31.1 Å². The van der Waals surface area contributed by atoms with Crippen molar-refractivity contribution in [3.63, 3.8) is 0 Å². The van der Waals surface area contributed by atoms with Crippen LogP contribution in [0.3, 0.4) is 0 Å². The standard InChI is InChI=1S/C76H120O6/c1-4-7-10-13-16-19-22-24-26-28-30-32-33-34-35-36-37-38-39-40-41-42-43-45-46-48-50-52-54-57-60-63-66-69-75(78)81-72-73(71-80-74(77)68-65-62-59-56-21-18-15-12-9-6-3)82-76(79)70-67-64-61-58-55-53-51-49-47-44-31-29-27-25-23-20-17-14-11-8-5-2/h7-8,10-11,16-17,19-20,24-27,30-32,34-35,37-38,40-41,43-45,48-51,73H,4-6,9,12-15,18,21-23,28-29,33,36,39,42,46-47,52-72H2,1-3H3/b10-7-,11-8-,19-16-,20-17-,26-24-,27-25-,32-30-,35-34-,38-37-,41-40-,44-31-,45-43-,50-48-,51-49-. The van der Waals surface area contributed by atoms with Crippen LogP contribution in [-0.2, 0) is 28.6 Å². The Morgan fingerprint density at radius 2 is 0.476 bits per heavy atom. The van der Waals surface area contributed by atoms with Crippen molar-refractivity contribution in [3.8, 4) is 0 Å². The van der Waals surface area contributed by atoms with Crippen molar-refractivity contribution >= 4 is 17.9 Å². The summed E-state index contributed by atoms with van der Waals surface area (Å²) in [5, 5.41) is 0. The Bertz CT molecular complexity index is 1870. The molecule has 0 heterocycles. The van der Waals surface area contributed by atoms with E-state index in [4.69, 9.17) is 14.2 Å². The maximum Gasteiger partial charge on any atom is 0.306 e. The van der Waals surface area contributed by atoms with Crippen LogP contribution in [0.5, 0.6) is 0 Å². The average molecular weight is 1130 g/mol. The lowest BCUT2D eigenvalue weighted by Gasteiger charge is -2.18. The second-order valence-electron chi connectivity index (χ2n) is 21.3. The van der Waals surface area contributed by atoms with Crippen LogP contribution in [0, 0.1) is 0 Å². The molecule has 1 unspecified atom stereocenters. The zero-order valence-electron chi connectivity index (χ0n) is 52.7. The van der Waals surface area contributed by atoms with Crippen molar-refractivity contribution in [2.75, 3.05) is 13.2 Å². The van der Waals surface area contributed by atoms with Crippen molar-refractivity contribution in [2.24, 2.45) is 0 Å². The molecule has 0 bridgehead atoms. The first-order chi connectivity index (χ1) is 40.5. The van der Waals surface area contributed by atoms with Crippen molar-refractivity contribution in [1.82, 2.24) is 0 Å². The normalized spacial score (nSPS) is 13.3. The molecule has 0 amide bonds. The molecule has 82 heavy (non-hydrogen) atoms. The van der Waals surface area contributed by atoms with Crippen LogP contribution in [0.25, 0.3) is 0 Å². The fourth-order valence-corrected chi connectivity index (χ4v) is 8.58. The van der Waals surface area contributed by atoms with Crippen molar-refractivity contribution < 1.29 is 28.6 Å². The largest absolute Gasteiger partial charge is 0.462 e. The first-order valence-corrected chi connectivity index (χ1v) is 33.1. The molecule has 0 rings (SSSR count). The van der Waals surface area contributed by atoms with E-state index >= 15 is 0 Å². The molecule has 1 atom stereocenters. The summed E-state index contributed by atoms with van der Waals surface area (Å²) in [6.07, 6.45) is 101. The zero-order valence-corrected chi connectivity index (χ0v) is 52.7. The summed E-state index contributed by atoms with van der Waals surface area (Å²) < 4.78 is 16.9. The highest BCUT2D eigenvalue weighted by Crippen LogP contribution is 2.14. The SMILES string of the molecule is CC/C=C\C/C=C\C/C=C\C/C=C\C/C=C\C/C=C\C/C=C\C/C=C\C/C=C\CCCCCCCC(=O)OCC(COC(=O)CCCCCCCCCCCC)OC(=O)CCCCCCC/C=C\C/C=C\C/C=C\C/C=C\C/C=C\CC. The third kappa shape index (κ3) is 65.6. The summed E-state index contributed by atoms with van der Waals surface area (Å²) in [6.45, 7) is 6.36. The molecule has 0 aromatic rings. The lowest BCUT2D eigenvalue weighted by molar-refractivity contribution is -0.167. The van der Waals surface area contributed by atoms with E-state index in [0.717, 1.165) is 186 Å². The van der Waals surface area contributed by atoms with Crippen LogP contribution in [0.15, 0.2) is 170 Å². The van der Waals surface area contributed by atoms with Crippen LogP contribution in [0.2, 0.25) is 0 Å². The van der Waals surface area contributed by atoms with E-state index in [1.54, 1.807) is 0 Å². The molecule has 6 heteroatoms. The minimum Gasteiger partial charge on any atom is -0.462 e. The number of ether oxygens (including phenoxy) is 3. The molecule has 0 aliphatic rings. The van der Waals surface area contributed by atoms with Crippen LogP contribution >= 0.6 is 0 Å². The molecule has 0 N–H and O–H groups in total. The highest BCUT2D eigenvalue weighted by Gasteiger charge is 2.19. The molecule has 0 spiro atoms. The Morgan fingerprint density at radius 3 is 0.744 bits per heavy atom. The van der Waals surface area contributed by atoms with Crippen molar-refractivity contribution in [3.05, 3.63) is 170 Å². The second-order valence-corrected chi connectivity index (χ2v) is 21.3. The smallest absolute Gasteiger partial charge is 0.306 e. The number of carbonyl (C=O) groups is 3. The quantitative estimate of drug-likeness (QED) is 0.0261. The number of carbonyl (C=O) groups excluding carboxylic acids is 3. The van der Waals surface area contributed by atoms with Gasteiger partial charge in [0, 0.05) is 19.3 Å². The number of hydrogen-bond donors (Lipinski definition) is 0. The summed E-state index contributed by atoms with van der Waals surface area (Å²) in [5.74, 6) is -0.941. The first-order valence-electron chi connectivity index (χ1n) is 33.1. The molecule has 0 aliphatic heterocycles. The highest BCUT2D eigenvalue weighted by atomic mass is 16.6. The summed E-state index contributed by atoms with van der Waals surface area (Å²) in [5.41, 5.74) is 0. The minimum absolute atomic E-state index is 0.0974. The Morgan fingerprint density at radius 1 is 0.256 bits per heavy atom. The third-order valence-corrected chi connectivity index (χ3v) is 13.5. The summed E-state index contributed by atoms with van der Waals surface area (Å²) >= 11 is 0. The lowest BCUT2D eigenvalue weighted by Crippen LogP contribution is -2.30. The van der Waals surface area contributed by atoms with E-state index in [2.05, 4.69) is 191 Å². The minimum atomic E-state index is -0.804. The molecule has 0 fully saturated rings. The topological polar surface area (TPSA) is 78.9 Å². The van der Waals surface area contributed by atoms with Crippen molar-refractivity contribution in [1.29, 1.82) is 0 Å². The van der Waals surface area contributed by atoms with Crippen LogP contribution in [-0.4, -0.2) is 37.2 Å². The maximum absolute atomic E-state index is 12.9. The van der Waals surface area contributed by atoms with Gasteiger partial charge in [0.1, 0.15) is 13.2 Å². The van der Waals surface area contributed by atoms with Crippen LogP contribution in [0.4, 0.5) is 0 Å². The van der Waals surface area contributed by atoms with Crippen LogP contribution in [0.1, 0.15) is 271 Å². The highest BCUT2D eigenvalue weighted by molar-refractivity contribution is 5.71. The summed E-state index contributed by atoms with van der Waals surface area (Å²) in [4.78, 5) is 38.3. The molecule has 0 saturated heterocycles. The Balaban J connectivity index is 4.34. The molecule has 460 valence electrons. The number of unbranched alkanes of at least 4 members (excludes halogenated alkanes) is 19. The lowest BCUT2D eigenvalue weighted by atomic mass is 10.1. The zero-order chi connectivity index (χ0) is 59.2. The van der Waals surface area contributed by atoms with Gasteiger partial charge >= 0.3 is 17.9 Å². The van der Waals surface area contributed by atoms with Gasteiger partial charge in [-0.2, -0.15) is 0 Å². The number of hydrogen-bond acceptors (Lipinski definition) is 6. The fraction of sp³-hybridized carbons (Fsp3) is 0.592. The predicted molar refractivity (Wildman–Crippen MR) is 357 cm³/mol. The maximum atomic E-state index is 12.9. The molecule has 0 aromatic heterocycles. The number of esters is 3. The molecule has 0 radical (unpaired) electrons. The van der Waals surface area contributed by atoms with E-state index in [1.807, 2.05) is 0 Å². The molecular weight excluding hydrogens is 1010 g/mol. The Labute approximate surface area is 504 Å². The first kappa shape index (κ1) is 76.8. The summed E-state index contributed by atoms with van der Waals surface area (Å²) in [6, 6.07) is 0. The van der Waals surface area contributed by atoms with Gasteiger partial charge < -0.3 is 14.2 Å². The second kappa shape index (κ2) is 68.3. The monoisotopic (exact) mass is 1130 g/mol. The van der Waals surface area contributed by atoms with E-state index in [1.165, 1.54) is 44.9 Å². The number of rotatable bonds is 58. The molecule has 6 nitrogen and oxygen atoms in total. The van der Waals surface area contributed by atoms with Gasteiger partial charge in [0.25, 0.3) is 0 Å². The molecular formula is C76H120O6. The molecule has 0 aliphatic carbocycles. The predicted octanol–water partition coefficient (Wildman–Crippen LogP) is 23.0. The van der Waals surface area contributed by atoms with Gasteiger partial charge in [0.05, 0.1) is 0 Å². The summed E-state index contributed by atoms with van der Waals surface area (Å²) in [7, 11) is 0. The molecule has 0 saturated carbocycles. The van der Waals surface area contributed by atoms with Gasteiger partial charge in [0.2, 0.25) is 0 Å². The van der Waals surface area contributed by atoms with Gasteiger partial charge in [-0.3, -0.25) is 14.4 Å². The van der Waals surface area contributed by atoms with Gasteiger partial charge in [-0.15, -0.1) is 0 Å². The van der Waals surface area contributed by atoms with Gasteiger partial charge in [-0.25, -0.2) is 0 Å². The van der Waals surface area contributed by atoms with Gasteiger partial charge in [0.15, 0.2) is 6.10 Å². The number of allylic oxidation sites excluding steroid dienone is 28. The Hall–Kier alpha value is -5.23. The van der Waals surface area contributed by atoms with Crippen LogP contribution < -0.4 is 0 Å².